The van der Waals surface area contributed by atoms with Crippen molar-refractivity contribution in [1.29, 1.82) is 0 Å². The van der Waals surface area contributed by atoms with Gasteiger partial charge in [-0.15, -0.1) is 0 Å². The highest BCUT2D eigenvalue weighted by Gasteiger charge is 2.26. The molecule has 0 N–H and O–H groups in total. The van der Waals surface area contributed by atoms with Crippen molar-refractivity contribution in [2.75, 3.05) is 33.2 Å². The third kappa shape index (κ3) is 3.75. The maximum Gasteiger partial charge on any atom is 0.261 e. The van der Waals surface area contributed by atoms with Crippen molar-refractivity contribution in [2.45, 2.75) is 45.7 Å². The first kappa shape index (κ1) is 18.0. The predicted molar refractivity (Wildman–Crippen MR) is 101 cm³/mol. The molecule has 136 valence electrons. The molecule has 2 aromatic rings. The Morgan fingerprint density at radius 1 is 1.20 bits per heavy atom. The lowest BCUT2D eigenvalue weighted by molar-refractivity contribution is 0.180. The summed E-state index contributed by atoms with van der Waals surface area (Å²) in [5.74, 6) is 0.902. The third-order valence-electron chi connectivity index (χ3n) is 5.16. The molecule has 0 bridgehead atoms. The van der Waals surface area contributed by atoms with Crippen LogP contribution >= 0.6 is 0 Å². The predicted octanol–water partition coefficient (Wildman–Crippen LogP) is 2.29. The van der Waals surface area contributed by atoms with Crippen LogP contribution in [0.15, 0.2) is 23.3 Å². The summed E-state index contributed by atoms with van der Waals surface area (Å²) in [6.07, 6.45) is 6.62. The second-order valence-electron chi connectivity index (χ2n) is 6.91. The number of pyridine rings is 1. The van der Waals surface area contributed by atoms with Crippen LogP contribution < -0.4 is 5.56 Å². The Morgan fingerprint density at radius 3 is 2.80 bits per heavy atom. The topological polar surface area (TPSA) is 54.3 Å². The fourth-order valence-electron chi connectivity index (χ4n) is 3.78. The molecule has 6 nitrogen and oxygen atoms in total. The number of rotatable bonds is 5. The highest BCUT2D eigenvalue weighted by atomic mass is 16.1. The fraction of sp³-hybridized carbons (Fsp3) is 0.632. The normalized spacial score (nSPS) is 18.4. The lowest BCUT2D eigenvalue weighted by Gasteiger charge is -2.31. The summed E-state index contributed by atoms with van der Waals surface area (Å²) in [7, 11) is 2.18. The summed E-state index contributed by atoms with van der Waals surface area (Å²) in [6.45, 7) is 9.14. The SMILES string of the molecule is CCCC(c1nc2cnccc2c(=O)n1CC)N1CCCN(C)CC1. The monoisotopic (exact) mass is 343 g/mol. The van der Waals surface area contributed by atoms with E-state index in [9.17, 15) is 4.79 Å². The van der Waals surface area contributed by atoms with Gasteiger partial charge in [0, 0.05) is 32.4 Å². The van der Waals surface area contributed by atoms with E-state index in [1.807, 2.05) is 11.5 Å². The first-order chi connectivity index (χ1) is 12.2. The number of hydrogen-bond donors (Lipinski definition) is 0. The third-order valence-corrected chi connectivity index (χ3v) is 5.16. The van der Waals surface area contributed by atoms with Gasteiger partial charge in [0.05, 0.1) is 23.1 Å². The molecule has 1 aliphatic rings. The van der Waals surface area contributed by atoms with Crippen molar-refractivity contribution in [3.8, 4) is 0 Å². The van der Waals surface area contributed by atoms with Crippen molar-refractivity contribution in [1.82, 2.24) is 24.3 Å². The van der Waals surface area contributed by atoms with Crippen LogP contribution in [0, 0.1) is 0 Å². The van der Waals surface area contributed by atoms with E-state index in [0.717, 1.165) is 51.3 Å². The molecule has 3 rings (SSSR count). The number of fused-ring (bicyclic) bond motifs is 1. The smallest absolute Gasteiger partial charge is 0.261 e. The standard InChI is InChI=1S/C19H29N5O/c1-4-7-17(23-11-6-10-22(3)12-13-23)18-21-16-14-20-9-8-15(16)19(25)24(18)5-2/h8-9,14,17H,4-7,10-13H2,1-3H3. The number of likely N-dealkylation sites (N-methyl/N-ethyl adjacent to an activating group) is 1. The van der Waals surface area contributed by atoms with Gasteiger partial charge in [-0.1, -0.05) is 13.3 Å². The van der Waals surface area contributed by atoms with Crippen LogP contribution in [0.5, 0.6) is 0 Å². The van der Waals surface area contributed by atoms with Gasteiger partial charge in [0.2, 0.25) is 0 Å². The van der Waals surface area contributed by atoms with Gasteiger partial charge in [-0.25, -0.2) is 4.98 Å². The largest absolute Gasteiger partial charge is 0.305 e. The van der Waals surface area contributed by atoms with Crippen molar-refractivity contribution in [3.05, 3.63) is 34.6 Å². The minimum absolute atomic E-state index is 0.0537. The van der Waals surface area contributed by atoms with E-state index in [1.54, 1.807) is 18.5 Å². The second-order valence-corrected chi connectivity index (χ2v) is 6.91. The van der Waals surface area contributed by atoms with E-state index in [-0.39, 0.29) is 11.6 Å². The maximum atomic E-state index is 13.0. The first-order valence-electron chi connectivity index (χ1n) is 9.42. The van der Waals surface area contributed by atoms with Gasteiger partial charge in [-0.05, 0) is 39.4 Å². The summed E-state index contributed by atoms with van der Waals surface area (Å²) >= 11 is 0. The molecule has 0 saturated carbocycles. The molecule has 1 aliphatic heterocycles. The average molecular weight is 343 g/mol. The molecule has 1 unspecified atom stereocenters. The fourth-order valence-corrected chi connectivity index (χ4v) is 3.78. The zero-order valence-corrected chi connectivity index (χ0v) is 15.6. The van der Waals surface area contributed by atoms with E-state index >= 15 is 0 Å². The Morgan fingerprint density at radius 2 is 2.04 bits per heavy atom. The van der Waals surface area contributed by atoms with Crippen LogP contribution in [0.25, 0.3) is 10.9 Å². The van der Waals surface area contributed by atoms with Crippen molar-refractivity contribution in [3.63, 3.8) is 0 Å². The molecule has 1 atom stereocenters. The summed E-state index contributed by atoms with van der Waals surface area (Å²) in [5, 5.41) is 0.659. The Balaban J connectivity index is 2.07. The van der Waals surface area contributed by atoms with Crippen LogP contribution in [0.3, 0.4) is 0 Å². The summed E-state index contributed by atoms with van der Waals surface area (Å²) in [4.78, 5) is 26.9. The molecule has 1 saturated heterocycles. The van der Waals surface area contributed by atoms with Gasteiger partial charge < -0.3 is 4.90 Å². The quantitative estimate of drug-likeness (QED) is 0.834. The molecule has 6 heteroatoms. The lowest BCUT2D eigenvalue weighted by atomic mass is 10.1. The molecule has 25 heavy (non-hydrogen) atoms. The van der Waals surface area contributed by atoms with E-state index in [1.165, 1.54) is 0 Å². The molecular weight excluding hydrogens is 314 g/mol. The van der Waals surface area contributed by atoms with Crippen LogP contribution in [0.2, 0.25) is 0 Å². The Kier molecular flexibility index (Phi) is 5.81. The highest BCUT2D eigenvalue weighted by molar-refractivity contribution is 5.76. The van der Waals surface area contributed by atoms with E-state index < -0.39 is 0 Å². The second kappa shape index (κ2) is 8.06. The van der Waals surface area contributed by atoms with Crippen LogP contribution in [-0.4, -0.2) is 57.6 Å². The van der Waals surface area contributed by atoms with Gasteiger partial charge in [-0.3, -0.25) is 19.2 Å². The maximum absolute atomic E-state index is 13.0. The molecule has 0 aromatic carbocycles. The molecule has 0 spiro atoms. The molecule has 2 aromatic heterocycles. The van der Waals surface area contributed by atoms with Crippen LogP contribution in [-0.2, 0) is 6.54 Å². The Hall–Kier alpha value is -1.79. The molecule has 3 heterocycles. The van der Waals surface area contributed by atoms with Gasteiger partial charge in [0.1, 0.15) is 5.82 Å². The van der Waals surface area contributed by atoms with E-state index in [0.29, 0.717) is 17.4 Å². The van der Waals surface area contributed by atoms with Gasteiger partial charge in [-0.2, -0.15) is 0 Å². The van der Waals surface area contributed by atoms with Crippen molar-refractivity contribution < 1.29 is 0 Å². The van der Waals surface area contributed by atoms with Crippen LogP contribution in [0.1, 0.15) is 45.0 Å². The minimum Gasteiger partial charge on any atom is -0.305 e. The number of hydrogen-bond acceptors (Lipinski definition) is 5. The molecular formula is C19H29N5O. The summed E-state index contributed by atoms with van der Waals surface area (Å²) < 4.78 is 1.86. The molecule has 0 amide bonds. The first-order valence-corrected chi connectivity index (χ1v) is 9.42. The number of aromatic nitrogens is 3. The van der Waals surface area contributed by atoms with Gasteiger partial charge >= 0.3 is 0 Å². The Labute approximate surface area is 149 Å². The molecule has 1 fully saturated rings. The number of nitrogens with zero attached hydrogens (tertiary/aromatic N) is 5. The summed E-state index contributed by atoms with van der Waals surface area (Å²) in [5.41, 5.74) is 0.762. The Bertz CT molecular complexity index is 772. The van der Waals surface area contributed by atoms with Gasteiger partial charge in [0.15, 0.2) is 0 Å². The van der Waals surface area contributed by atoms with E-state index in [4.69, 9.17) is 4.98 Å². The summed E-state index contributed by atoms with van der Waals surface area (Å²) in [6, 6.07) is 1.96. The zero-order chi connectivity index (χ0) is 17.8. The molecule has 0 aliphatic carbocycles. The van der Waals surface area contributed by atoms with Gasteiger partial charge in [0.25, 0.3) is 5.56 Å². The zero-order valence-electron chi connectivity index (χ0n) is 15.6. The van der Waals surface area contributed by atoms with Crippen molar-refractivity contribution >= 4 is 10.9 Å². The van der Waals surface area contributed by atoms with Crippen LogP contribution in [0.4, 0.5) is 0 Å². The lowest BCUT2D eigenvalue weighted by Crippen LogP contribution is -2.37. The highest BCUT2D eigenvalue weighted by Crippen LogP contribution is 2.26. The van der Waals surface area contributed by atoms with Crippen molar-refractivity contribution in [2.24, 2.45) is 0 Å². The average Bonchev–Trinajstić information content (AvgIpc) is 2.84. The van der Waals surface area contributed by atoms with E-state index in [2.05, 4.69) is 28.8 Å². The molecule has 0 radical (unpaired) electrons. The minimum atomic E-state index is 0.0537.